The first-order valence-corrected chi connectivity index (χ1v) is 1.42. The summed E-state index contributed by atoms with van der Waals surface area (Å²) in [4.78, 5) is 18.1. The third-order valence-corrected chi connectivity index (χ3v) is 0.305. The Kier molecular flexibility index (Phi) is 2.22. The first kappa shape index (κ1) is 5.29. The lowest BCUT2D eigenvalue weighted by Gasteiger charge is -1.60. The predicted molar refractivity (Wildman–Crippen MR) is 24.2 cm³/mol. The molecule has 0 atom stereocenters. The Labute approximate surface area is 38.5 Å². The fourth-order valence-corrected chi connectivity index (χ4v) is 0.0167. The molecule has 0 N–H and O–H groups in total. The number of nitrogens with zero attached hydrogens (tertiary/aromatic N) is 2. The Bertz CT molecular complexity index is 79.5. The Hall–Kier alpha value is -0.710. The molecular formula is CN2O2S. The van der Waals surface area contributed by atoms with Gasteiger partial charge in [-0.05, 0) is 12.2 Å². The van der Waals surface area contributed by atoms with E-state index in [1.807, 2.05) is 10.4 Å². The van der Waals surface area contributed by atoms with E-state index in [1.165, 1.54) is 0 Å². The predicted octanol–water partition coefficient (Wildman–Crippen LogP) is 0.804. The summed E-state index contributed by atoms with van der Waals surface area (Å²) < 4.78 is 0. The van der Waals surface area contributed by atoms with Crippen LogP contribution < -0.4 is 0 Å². The minimum atomic E-state index is -0.685. The summed E-state index contributed by atoms with van der Waals surface area (Å²) in [5, 5.41) is 3.33. The van der Waals surface area contributed by atoms with Crippen LogP contribution in [0, 0.1) is 9.81 Å². The largest absolute Gasteiger partial charge is 0.303 e. The van der Waals surface area contributed by atoms with Gasteiger partial charge in [0.25, 0.3) is 0 Å². The summed E-state index contributed by atoms with van der Waals surface area (Å²) in [6.07, 6.45) is 0. The highest BCUT2D eigenvalue weighted by Crippen LogP contribution is 1.75. The fraction of sp³-hybridized carbons (Fsp3) is 0. The molecule has 0 aliphatic rings. The van der Waals surface area contributed by atoms with Crippen molar-refractivity contribution < 1.29 is 0 Å². The molecule has 0 aromatic rings. The van der Waals surface area contributed by atoms with Crippen LogP contribution in [0.25, 0.3) is 0 Å². The van der Waals surface area contributed by atoms with Crippen LogP contribution in [0.1, 0.15) is 0 Å². The lowest BCUT2D eigenvalue weighted by atomic mass is 11.2. The number of hydrogen-bond acceptors (Lipinski definition) is 3. The van der Waals surface area contributed by atoms with Gasteiger partial charge in [-0.3, -0.25) is 0 Å². The number of thiocarbonyl (C=S) groups is 1. The molecule has 0 saturated carbocycles. The van der Waals surface area contributed by atoms with Crippen LogP contribution in [0.3, 0.4) is 0 Å². The van der Waals surface area contributed by atoms with E-state index in [2.05, 4.69) is 12.2 Å². The second kappa shape index (κ2) is 2.52. The van der Waals surface area contributed by atoms with Crippen LogP contribution in [-0.4, -0.2) is 5.11 Å². The zero-order valence-electron chi connectivity index (χ0n) is 2.62. The first-order chi connectivity index (χ1) is 2.81. The molecule has 0 aliphatic carbocycles. The fourth-order valence-electron chi connectivity index (χ4n) is 0.0167. The van der Waals surface area contributed by atoms with Crippen LogP contribution >= 0.6 is 12.2 Å². The van der Waals surface area contributed by atoms with E-state index < -0.39 is 5.11 Å². The molecule has 5 heteroatoms. The molecule has 0 heterocycles. The maximum absolute atomic E-state index is 9.05. The summed E-state index contributed by atoms with van der Waals surface area (Å²) in [5.41, 5.74) is 0. The van der Waals surface area contributed by atoms with E-state index in [0.29, 0.717) is 0 Å². The van der Waals surface area contributed by atoms with Gasteiger partial charge in [0.15, 0.2) is 0 Å². The van der Waals surface area contributed by atoms with Crippen molar-refractivity contribution in [2.75, 3.05) is 0 Å². The topological polar surface area (TPSA) is 58.9 Å². The van der Waals surface area contributed by atoms with Crippen molar-refractivity contribution >= 4 is 17.3 Å². The van der Waals surface area contributed by atoms with Crippen LogP contribution in [-0.2, 0) is 0 Å². The maximum atomic E-state index is 9.05. The molecule has 0 aromatic carbocycles. The lowest BCUT2D eigenvalue weighted by molar-refractivity contribution is 1.56. The normalized spacial score (nSPS) is 6.67. The molecule has 0 bridgehead atoms. The van der Waals surface area contributed by atoms with Gasteiger partial charge in [0.05, 0.1) is 0 Å². The molecule has 6 heavy (non-hydrogen) atoms. The quantitative estimate of drug-likeness (QED) is 0.337. The molecule has 0 radical (unpaired) electrons. The molecule has 0 amide bonds. The molecule has 0 unspecified atom stereocenters. The van der Waals surface area contributed by atoms with E-state index in [0.717, 1.165) is 0 Å². The number of rotatable bonds is 0. The second-order valence-corrected chi connectivity index (χ2v) is 0.830. The van der Waals surface area contributed by atoms with Crippen molar-refractivity contribution in [1.82, 2.24) is 0 Å². The van der Waals surface area contributed by atoms with Gasteiger partial charge in [0, 0.05) is 10.4 Å². The number of nitroso groups, excluding NO2 is 2. The Morgan fingerprint density at radius 2 is 1.67 bits per heavy atom. The van der Waals surface area contributed by atoms with Crippen molar-refractivity contribution in [3.8, 4) is 0 Å². The molecule has 0 spiro atoms. The van der Waals surface area contributed by atoms with Gasteiger partial charge in [-0.15, -0.1) is 9.81 Å². The van der Waals surface area contributed by atoms with E-state index >= 15 is 0 Å². The van der Waals surface area contributed by atoms with Crippen LogP contribution in [0.4, 0.5) is 0 Å². The molecule has 4 nitrogen and oxygen atoms in total. The first-order valence-electron chi connectivity index (χ1n) is 1.02. The second-order valence-electron chi connectivity index (χ2n) is 0.465. The standard InChI is InChI=1S/CN2O2S/c4-2-1(6)3-5. The molecule has 0 aromatic heterocycles. The monoisotopic (exact) mass is 104 g/mol. The minimum absolute atomic E-state index is 0.685. The maximum Gasteiger partial charge on any atom is 0.303 e. The van der Waals surface area contributed by atoms with Gasteiger partial charge in [-0.1, -0.05) is 0 Å². The van der Waals surface area contributed by atoms with Crippen LogP contribution in [0.15, 0.2) is 10.4 Å². The smallest absolute Gasteiger partial charge is 0.142 e. The average Bonchev–Trinajstić information content (AvgIpc) is 1.65. The van der Waals surface area contributed by atoms with Crippen LogP contribution in [0.5, 0.6) is 0 Å². The highest BCUT2D eigenvalue weighted by atomic mass is 32.1. The summed E-state index contributed by atoms with van der Waals surface area (Å²) in [7, 11) is 0. The highest BCUT2D eigenvalue weighted by molar-refractivity contribution is 7.80. The Morgan fingerprint density at radius 1 is 1.33 bits per heavy atom. The van der Waals surface area contributed by atoms with E-state index in [1.54, 1.807) is 0 Å². The SMILES string of the molecule is O=NC(=S)N=O. The Balaban J connectivity index is 3.52. The zero-order valence-corrected chi connectivity index (χ0v) is 3.44. The molecular weight excluding hydrogens is 104 g/mol. The van der Waals surface area contributed by atoms with Gasteiger partial charge < -0.3 is 0 Å². The molecule has 0 saturated heterocycles. The Morgan fingerprint density at radius 3 is 1.67 bits per heavy atom. The van der Waals surface area contributed by atoms with Gasteiger partial charge >= 0.3 is 5.11 Å². The zero-order chi connectivity index (χ0) is 4.99. The lowest BCUT2D eigenvalue weighted by Crippen LogP contribution is -1.72. The number of hydrogen-bond donors (Lipinski definition) is 0. The highest BCUT2D eigenvalue weighted by Gasteiger charge is 1.84. The van der Waals surface area contributed by atoms with Gasteiger partial charge in [-0.2, -0.15) is 0 Å². The summed E-state index contributed by atoms with van der Waals surface area (Å²) in [5.74, 6) is 0. The van der Waals surface area contributed by atoms with Crippen molar-refractivity contribution in [3.05, 3.63) is 9.81 Å². The van der Waals surface area contributed by atoms with Crippen LogP contribution in [0.2, 0.25) is 0 Å². The van der Waals surface area contributed by atoms with Gasteiger partial charge in [-0.25, -0.2) is 0 Å². The summed E-state index contributed by atoms with van der Waals surface area (Å²) in [6, 6.07) is 0. The van der Waals surface area contributed by atoms with E-state index in [-0.39, 0.29) is 0 Å². The molecule has 0 rings (SSSR count). The third kappa shape index (κ3) is 1.59. The summed E-state index contributed by atoms with van der Waals surface area (Å²) >= 11 is 3.90. The average molecular weight is 104 g/mol. The van der Waals surface area contributed by atoms with Gasteiger partial charge in [0.2, 0.25) is 0 Å². The molecule has 0 aliphatic heterocycles. The molecule has 32 valence electrons. The summed E-state index contributed by atoms with van der Waals surface area (Å²) in [6.45, 7) is 0. The third-order valence-electron chi connectivity index (χ3n) is 0.156. The van der Waals surface area contributed by atoms with Gasteiger partial charge in [0.1, 0.15) is 0 Å². The van der Waals surface area contributed by atoms with Crippen molar-refractivity contribution in [2.24, 2.45) is 10.4 Å². The van der Waals surface area contributed by atoms with Crippen molar-refractivity contribution in [1.29, 1.82) is 0 Å². The minimum Gasteiger partial charge on any atom is -0.142 e. The van der Waals surface area contributed by atoms with E-state index in [9.17, 15) is 0 Å². The van der Waals surface area contributed by atoms with E-state index in [4.69, 9.17) is 9.81 Å². The van der Waals surface area contributed by atoms with Crippen molar-refractivity contribution in [2.45, 2.75) is 0 Å². The molecule has 0 fully saturated rings. The van der Waals surface area contributed by atoms with Crippen molar-refractivity contribution in [3.63, 3.8) is 0 Å².